The Morgan fingerprint density at radius 1 is 1.16 bits per heavy atom. The third-order valence-electron chi connectivity index (χ3n) is 3.40. The molecule has 0 fully saturated rings. The van der Waals surface area contributed by atoms with Gasteiger partial charge in [-0.05, 0) is 30.3 Å². The maximum absolute atomic E-state index is 11.5. The summed E-state index contributed by atoms with van der Waals surface area (Å²) in [5.41, 5.74) is 0.656. The van der Waals surface area contributed by atoms with Gasteiger partial charge in [0.05, 0.1) is 24.7 Å². The van der Waals surface area contributed by atoms with Crippen molar-refractivity contribution in [2.45, 2.75) is 6.61 Å². The molecule has 25 heavy (non-hydrogen) atoms. The van der Waals surface area contributed by atoms with Crippen molar-refractivity contribution in [2.24, 2.45) is 0 Å². The van der Waals surface area contributed by atoms with Crippen LogP contribution in [0.1, 0.15) is 26.3 Å². The molecule has 0 aromatic heterocycles. The summed E-state index contributed by atoms with van der Waals surface area (Å²) < 4.78 is 15.2. The van der Waals surface area contributed by atoms with E-state index in [1.807, 2.05) is 0 Å². The molecule has 0 aliphatic carbocycles. The number of rotatable bonds is 7. The predicted molar refractivity (Wildman–Crippen MR) is 87.1 cm³/mol. The van der Waals surface area contributed by atoms with Crippen LogP contribution in [-0.2, 0) is 11.3 Å². The summed E-state index contributed by atoms with van der Waals surface area (Å²) in [4.78, 5) is 33.0. The highest BCUT2D eigenvalue weighted by molar-refractivity contribution is 5.90. The minimum absolute atomic E-state index is 0.0174. The summed E-state index contributed by atoms with van der Waals surface area (Å²) in [7, 11) is 2.65. The van der Waals surface area contributed by atoms with Gasteiger partial charge in [0.15, 0.2) is 5.75 Å². The molecule has 0 saturated heterocycles. The van der Waals surface area contributed by atoms with Crippen LogP contribution in [0.25, 0.3) is 0 Å². The van der Waals surface area contributed by atoms with Gasteiger partial charge in [-0.2, -0.15) is 0 Å². The second-order valence-corrected chi connectivity index (χ2v) is 4.91. The SMILES string of the molecule is COC(=O)c1ccc(OCc2cc(C=O)ccc2OC)c([N+](=O)[O-])c1. The number of esters is 1. The first kappa shape index (κ1) is 17.9. The van der Waals surface area contributed by atoms with E-state index in [4.69, 9.17) is 9.47 Å². The van der Waals surface area contributed by atoms with E-state index in [1.54, 1.807) is 18.2 Å². The number of ether oxygens (including phenoxy) is 3. The lowest BCUT2D eigenvalue weighted by Gasteiger charge is -2.11. The second-order valence-electron chi connectivity index (χ2n) is 4.91. The zero-order chi connectivity index (χ0) is 18.4. The fraction of sp³-hybridized carbons (Fsp3) is 0.176. The first-order valence-electron chi connectivity index (χ1n) is 7.11. The van der Waals surface area contributed by atoms with Crippen LogP contribution >= 0.6 is 0 Å². The zero-order valence-corrected chi connectivity index (χ0v) is 13.6. The van der Waals surface area contributed by atoms with Gasteiger partial charge >= 0.3 is 11.7 Å². The van der Waals surface area contributed by atoms with Gasteiger partial charge in [0.25, 0.3) is 0 Å². The maximum atomic E-state index is 11.5. The number of carbonyl (C=O) groups excluding carboxylic acids is 2. The molecule has 2 rings (SSSR count). The molecule has 0 aliphatic heterocycles. The summed E-state index contributed by atoms with van der Waals surface area (Å²) in [6.07, 6.45) is 0.677. The molecule has 0 saturated carbocycles. The van der Waals surface area contributed by atoms with Crippen LogP contribution in [0.5, 0.6) is 11.5 Å². The highest BCUT2D eigenvalue weighted by atomic mass is 16.6. The van der Waals surface area contributed by atoms with Crippen LogP contribution in [0, 0.1) is 10.1 Å². The van der Waals surface area contributed by atoms with Crippen molar-refractivity contribution in [2.75, 3.05) is 14.2 Å². The van der Waals surface area contributed by atoms with Crippen molar-refractivity contribution in [1.82, 2.24) is 0 Å². The number of aldehydes is 1. The molecule has 0 spiro atoms. The first-order chi connectivity index (χ1) is 12.0. The summed E-state index contributed by atoms with van der Waals surface area (Å²) in [5.74, 6) is -0.217. The Balaban J connectivity index is 2.30. The quantitative estimate of drug-likeness (QED) is 0.329. The average molecular weight is 345 g/mol. The Morgan fingerprint density at radius 2 is 1.88 bits per heavy atom. The van der Waals surface area contributed by atoms with Crippen molar-refractivity contribution in [3.63, 3.8) is 0 Å². The number of carbonyl (C=O) groups is 2. The Labute approximate surface area is 143 Å². The van der Waals surface area contributed by atoms with Gasteiger partial charge in [0.2, 0.25) is 0 Å². The predicted octanol–water partition coefficient (Wildman–Crippen LogP) is 2.78. The van der Waals surface area contributed by atoms with E-state index in [9.17, 15) is 19.7 Å². The molecular weight excluding hydrogens is 330 g/mol. The normalized spacial score (nSPS) is 10.0. The largest absolute Gasteiger partial charge is 0.496 e. The molecular formula is C17H15NO7. The van der Waals surface area contributed by atoms with Crippen molar-refractivity contribution in [3.05, 3.63) is 63.2 Å². The second kappa shape index (κ2) is 7.91. The van der Waals surface area contributed by atoms with Crippen molar-refractivity contribution in [1.29, 1.82) is 0 Å². The maximum Gasteiger partial charge on any atom is 0.338 e. The van der Waals surface area contributed by atoms with E-state index >= 15 is 0 Å². The Morgan fingerprint density at radius 3 is 2.48 bits per heavy atom. The third-order valence-corrected chi connectivity index (χ3v) is 3.40. The molecule has 0 amide bonds. The van der Waals surface area contributed by atoms with E-state index < -0.39 is 10.9 Å². The number of hydrogen-bond acceptors (Lipinski definition) is 7. The van der Waals surface area contributed by atoms with Gasteiger partial charge in [-0.15, -0.1) is 0 Å². The summed E-state index contributed by atoms with van der Waals surface area (Å²) in [6, 6.07) is 8.54. The average Bonchev–Trinajstić information content (AvgIpc) is 2.65. The topological polar surface area (TPSA) is 105 Å². The minimum Gasteiger partial charge on any atom is -0.496 e. The zero-order valence-electron chi connectivity index (χ0n) is 13.6. The van der Waals surface area contributed by atoms with Gasteiger partial charge in [-0.25, -0.2) is 4.79 Å². The van der Waals surface area contributed by atoms with Crippen LogP contribution in [0.4, 0.5) is 5.69 Å². The molecule has 0 radical (unpaired) electrons. The molecule has 8 heteroatoms. The lowest BCUT2D eigenvalue weighted by Crippen LogP contribution is -2.05. The number of nitro benzene ring substituents is 1. The number of nitrogens with zero attached hydrogens (tertiary/aromatic N) is 1. The van der Waals surface area contributed by atoms with Crippen LogP contribution in [0.15, 0.2) is 36.4 Å². The summed E-state index contributed by atoms with van der Waals surface area (Å²) in [5, 5.41) is 11.2. The molecule has 0 bridgehead atoms. The Hall–Kier alpha value is -3.42. The van der Waals surface area contributed by atoms with Crippen LogP contribution < -0.4 is 9.47 Å². The van der Waals surface area contributed by atoms with Crippen LogP contribution in [-0.4, -0.2) is 31.4 Å². The van der Waals surface area contributed by atoms with Crippen LogP contribution in [0.3, 0.4) is 0 Å². The highest BCUT2D eigenvalue weighted by Gasteiger charge is 2.19. The molecule has 2 aromatic carbocycles. The van der Waals surface area contributed by atoms with Gasteiger partial charge in [0, 0.05) is 17.2 Å². The molecule has 0 heterocycles. The Kier molecular flexibility index (Phi) is 5.67. The molecule has 0 aliphatic rings. The monoisotopic (exact) mass is 345 g/mol. The molecule has 8 nitrogen and oxygen atoms in total. The smallest absolute Gasteiger partial charge is 0.338 e. The van der Waals surface area contributed by atoms with E-state index in [2.05, 4.69) is 4.74 Å². The Bertz CT molecular complexity index is 817. The fourth-order valence-corrected chi connectivity index (χ4v) is 2.17. The lowest BCUT2D eigenvalue weighted by atomic mass is 10.1. The van der Waals surface area contributed by atoms with E-state index in [0.29, 0.717) is 23.2 Å². The van der Waals surface area contributed by atoms with Gasteiger partial charge in [0.1, 0.15) is 18.6 Å². The third kappa shape index (κ3) is 4.11. The van der Waals surface area contributed by atoms with E-state index in [-0.39, 0.29) is 23.6 Å². The molecule has 0 atom stereocenters. The summed E-state index contributed by atoms with van der Waals surface area (Å²) in [6.45, 7) is -0.0523. The number of hydrogen-bond donors (Lipinski definition) is 0. The van der Waals surface area contributed by atoms with Gasteiger partial charge in [-0.3, -0.25) is 14.9 Å². The van der Waals surface area contributed by atoms with Crippen molar-refractivity contribution < 1.29 is 28.7 Å². The highest BCUT2D eigenvalue weighted by Crippen LogP contribution is 2.30. The van der Waals surface area contributed by atoms with E-state index in [0.717, 1.165) is 6.07 Å². The number of nitro groups is 1. The van der Waals surface area contributed by atoms with Gasteiger partial charge < -0.3 is 14.2 Å². The van der Waals surface area contributed by atoms with Crippen molar-refractivity contribution >= 4 is 17.9 Å². The van der Waals surface area contributed by atoms with Crippen molar-refractivity contribution in [3.8, 4) is 11.5 Å². The minimum atomic E-state index is -0.685. The molecule has 0 unspecified atom stereocenters. The number of methoxy groups -OCH3 is 2. The van der Waals surface area contributed by atoms with Crippen LogP contribution in [0.2, 0.25) is 0 Å². The van der Waals surface area contributed by atoms with Gasteiger partial charge in [-0.1, -0.05) is 0 Å². The van der Waals surface area contributed by atoms with E-state index in [1.165, 1.54) is 26.4 Å². The molecule has 0 N–H and O–H groups in total. The molecule has 2 aromatic rings. The standard InChI is InChI=1S/C17H15NO7/c1-23-15-5-3-11(9-19)7-13(15)10-25-16-6-4-12(17(20)24-2)8-14(16)18(21)22/h3-9H,10H2,1-2H3. The fourth-order valence-electron chi connectivity index (χ4n) is 2.17. The summed E-state index contributed by atoms with van der Waals surface area (Å²) >= 11 is 0. The lowest BCUT2D eigenvalue weighted by molar-refractivity contribution is -0.386. The molecule has 130 valence electrons. The number of benzene rings is 2. The first-order valence-corrected chi connectivity index (χ1v) is 7.11.